The van der Waals surface area contributed by atoms with Gasteiger partial charge < -0.3 is 5.11 Å². The maximum absolute atomic E-state index is 13.5. The van der Waals surface area contributed by atoms with Crippen LogP contribution in [0.5, 0.6) is 0 Å². The first kappa shape index (κ1) is 16.4. The van der Waals surface area contributed by atoms with Crippen LogP contribution >= 0.6 is 11.6 Å². The van der Waals surface area contributed by atoms with Gasteiger partial charge in [0.15, 0.2) is 0 Å². The van der Waals surface area contributed by atoms with Gasteiger partial charge in [0.1, 0.15) is 5.82 Å². The summed E-state index contributed by atoms with van der Waals surface area (Å²) >= 11 is 5.73. The minimum atomic E-state index is -3.88. The Labute approximate surface area is 131 Å². The van der Waals surface area contributed by atoms with Crippen molar-refractivity contribution in [3.8, 4) is 0 Å². The van der Waals surface area contributed by atoms with Gasteiger partial charge in [0, 0.05) is 17.1 Å². The van der Waals surface area contributed by atoms with E-state index >= 15 is 0 Å². The Morgan fingerprint density at radius 2 is 1.82 bits per heavy atom. The average Bonchev–Trinajstić information content (AvgIpc) is 2.48. The minimum Gasteiger partial charge on any atom is -0.478 e. The number of hydrogen-bond donors (Lipinski definition) is 2. The van der Waals surface area contributed by atoms with Gasteiger partial charge in [-0.05, 0) is 42.5 Å². The normalized spacial score (nSPS) is 11.4. The highest BCUT2D eigenvalue weighted by molar-refractivity contribution is 7.89. The van der Waals surface area contributed by atoms with Crippen molar-refractivity contribution in [1.29, 1.82) is 0 Å². The van der Waals surface area contributed by atoms with Crippen LogP contribution in [0.3, 0.4) is 0 Å². The molecule has 0 saturated heterocycles. The Morgan fingerprint density at radius 1 is 1.18 bits per heavy atom. The van der Waals surface area contributed by atoms with Crippen molar-refractivity contribution in [1.82, 2.24) is 4.72 Å². The van der Waals surface area contributed by atoms with E-state index in [1.54, 1.807) is 0 Å². The summed E-state index contributed by atoms with van der Waals surface area (Å²) < 4.78 is 39.9. The van der Waals surface area contributed by atoms with E-state index in [2.05, 4.69) is 4.72 Å². The van der Waals surface area contributed by atoms with E-state index in [1.165, 1.54) is 36.4 Å². The number of halogens is 2. The van der Waals surface area contributed by atoms with Crippen molar-refractivity contribution >= 4 is 27.6 Å². The highest BCUT2D eigenvalue weighted by Gasteiger charge is 2.15. The first-order chi connectivity index (χ1) is 10.3. The van der Waals surface area contributed by atoms with Crippen LogP contribution in [0.1, 0.15) is 15.9 Å². The van der Waals surface area contributed by atoms with E-state index in [0.717, 1.165) is 6.07 Å². The average molecular weight is 344 g/mol. The first-order valence-electron chi connectivity index (χ1n) is 6.06. The van der Waals surface area contributed by atoms with Gasteiger partial charge in [-0.3, -0.25) is 0 Å². The molecule has 0 atom stereocenters. The Morgan fingerprint density at radius 3 is 2.41 bits per heavy atom. The largest absolute Gasteiger partial charge is 0.478 e. The quantitative estimate of drug-likeness (QED) is 0.874. The van der Waals surface area contributed by atoms with Crippen LogP contribution in [0, 0.1) is 5.82 Å². The lowest BCUT2D eigenvalue weighted by Gasteiger charge is -2.08. The summed E-state index contributed by atoms with van der Waals surface area (Å²) in [7, 11) is -3.88. The smallest absolute Gasteiger partial charge is 0.335 e. The molecule has 0 amide bonds. The van der Waals surface area contributed by atoms with Crippen LogP contribution in [-0.4, -0.2) is 19.5 Å². The van der Waals surface area contributed by atoms with Gasteiger partial charge in [0.25, 0.3) is 0 Å². The number of sulfonamides is 1. The standard InChI is InChI=1S/C14H11ClFNO4S/c15-11-3-6-13(16)10(7-11)8-17-22(20,21)12-4-1-9(2-5-12)14(18)19/h1-7,17H,8H2,(H,18,19). The molecule has 116 valence electrons. The number of rotatable bonds is 5. The van der Waals surface area contributed by atoms with E-state index in [1.807, 2.05) is 0 Å². The predicted molar refractivity (Wildman–Crippen MR) is 78.8 cm³/mol. The highest BCUT2D eigenvalue weighted by atomic mass is 35.5. The number of benzene rings is 2. The molecule has 2 N–H and O–H groups in total. The molecule has 0 aliphatic carbocycles. The van der Waals surface area contributed by atoms with E-state index < -0.39 is 21.8 Å². The SMILES string of the molecule is O=C(O)c1ccc(S(=O)(=O)NCc2cc(Cl)ccc2F)cc1. The third-order valence-electron chi connectivity index (χ3n) is 2.87. The molecule has 0 aliphatic rings. The van der Waals surface area contributed by atoms with Crippen molar-refractivity contribution in [2.45, 2.75) is 11.4 Å². The first-order valence-corrected chi connectivity index (χ1v) is 7.92. The fourth-order valence-corrected chi connectivity index (χ4v) is 2.91. The molecule has 0 saturated carbocycles. The van der Waals surface area contributed by atoms with Crippen LogP contribution in [-0.2, 0) is 16.6 Å². The van der Waals surface area contributed by atoms with Gasteiger partial charge in [-0.1, -0.05) is 11.6 Å². The van der Waals surface area contributed by atoms with Crippen LogP contribution < -0.4 is 4.72 Å². The zero-order valence-corrected chi connectivity index (χ0v) is 12.7. The van der Waals surface area contributed by atoms with Gasteiger partial charge in [-0.2, -0.15) is 0 Å². The number of carbonyl (C=O) groups is 1. The molecule has 2 aromatic rings. The Balaban J connectivity index is 2.17. The summed E-state index contributed by atoms with van der Waals surface area (Å²) in [5.74, 6) is -1.73. The summed E-state index contributed by atoms with van der Waals surface area (Å²) in [5.41, 5.74) is 0.0815. The molecule has 0 aliphatic heterocycles. The second-order valence-electron chi connectivity index (χ2n) is 4.39. The molecular formula is C14H11ClFNO4S. The van der Waals surface area contributed by atoms with Crippen molar-refractivity contribution < 1.29 is 22.7 Å². The third kappa shape index (κ3) is 3.82. The van der Waals surface area contributed by atoms with Gasteiger partial charge in [0.05, 0.1) is 10.5 Å². The van der Waals surface area contributed by atoms with E-state index in [9.17, 15) is 17.6 Å². The number of aromatic carboxylic acids is 1. The molecule has 0 fully saturated rings. The number of hydrogen-bond acceptors (Lipinski definition) is 3. The monoisotopic (exact) mass is 343 g/mol. The minimum absolute atomic E-state index is 0.0279. The summed E-state index contributed by atoms with van der Waals surface area (Å²) in [6.45, 7) is -0.268. The van der Waals surface area contributed by atoms with Crippen molar-refractivity contribution in [3.63, 3.8) is 0 Å². The zero-order valence-electron chi connectivity index (χ0n) is 11.1. The lowest BCUT2D eigenvalue weighted by molar-refractivity contribution is 0.0696. The summed E-state index contributed by atoms with van der Waals surface area (Å²) in [6.07, 6.45) is 0. The zero-order chi connectivity index (χ0) is 16.3. The maximum Gasteiger partial charge on any atom is 0.335 e. The van der Waals surface area contributed by atoms with Crippen LogP contribution in [0.25, 0.3) is 0 Å². The number of carboxylic acids is 1. The molecule has 22 heavy (non-hydrogen) atoms. The Bertz CT molecular complexity index is 806. The second-order valence-corrected chi connectivity index (χ2v) is 6.59. The van der Waals surface area contributed by atoms with Gasteiger partial charge >= 0.3 is 5.97 Å². The fourth-order valence-electron chi connectivity index (χ4n) is 1.71. The number of carboxylic acid groups (broad SMARTS) is 1. The second kappa shape index (κ2) is 6.43. The predicted octanol–water partition coefficient (Wildman–Crippen LogP) is 2.66. The number of nitrogens with one attached hydrogen (secondary N) is 1. The van der Waals surface area contributed by atoms with E-state index in [0.29, 0.717) is 5.02 Å². The Kier molecular flexibility index (Phi) is 4.80. The highest BCUT2D eigenvalue weighted by Crippen LogP contribution is 2.16. The molecule has 2 aromatic carbocycles. The summed E-state index contributed by atoms with van der Waals surface area (Å²) in [5, 5.41) is 9.06. The van der Waals surface area contributed by atoms with Crippen LogP contribution in [0.4, 0.5) is 4.39 Å². The molecule has 0 heterocycles. The van der Waals surface area contributed by atoms with Crippen molar-refractivity contribution in [2.75, 3.05) is 0 Å². The molecule has 0 aromatic heterocycles. The lowest BCUT2D eigenvalue weighted by atomic mass is 10.2. The van der Waals surface area contributed by atoms with Gasteiger partial charge in [-0.15, -0.1) is 0 Å². The molecule has 8 heteroatoms. The molecule has 2 rings (SSSR count). The van der Waals surface area contributed by atoms with Crippen molar-refractivity contribution in [3.05, 3.63) is 64.4 Å². The van der Waals surface area contributed by atoms with Crippen LogP contribution in [0.15, 0.2) is 47.4 Å². The topological polar surface area (TPSA) is 83.5 Å². The molecule has 0 radical (unpaired) electrons. The molecular weight excluding hydrogens is 333 g/mol. The van der Waals surface area contributed by atoms with Crippen molar-refractivity contribution in [2.24, 2.45) is 0 Å². The fraction of sp³-hybridized carbons (Fsp3) is 0.0714. The van der Waals surface area contributed by atoms with Gasteiger partial charge in [0.2, 0.25) is 10.0 Å². The maximum atomic E-state index is 13.5. The van der Waals surface area contributed by atoms with Crippen LogP contribution in [0.2, 0.25) is 5.02 Å². The van der Waals surface area contributed by atoms with Gasteiger partial charge in [-0.25, -0.2) is 22.3 Å². The molecule has 0 unspecified atom stereocenters. The third-order valence-corrected chi connectivity index (χ3v) is 4.52. The van der Waals surface area contributed by atoms with E-state index in [-0.39, 0.29) is 22.6 Å². The summed E-state index contributed by atoms with van der Waals surface area (Å²) in [6, 6.07) is 8.52. The lowest BCUT2D eigenvalue weighted by Crippen LogP contribution is -2.23. The van der Waals surface area contributed by atoms with E-state index in [4.69, 9.17) is 16.7 Å². The summed E-state index contributed by atoms with van der Waals surface area (Å²) in [4.78, 5) is 10.6. The Hall–Kier alpha value is -1.96. The molecule has 0 bridgehead atoms. The molecule has 0 spiro atoms. The molecule has 5 nitrogen and oxygen atoms in total.